The van der Waals surface area contributed by atoms with E-state index >= 15 is 0 Å². The first-order valence-electron chi connectivity index (χ1n) is 10.5. The average Bonchev–Trinajstić information content (AvgIpc) is 2.54. The Morgan fingerprint density at radius 1 is 1.35 bits per heavy atom. The van der Waals surface area contributed by atoms with Crippen molar-refractivity contribution < 1.29 is 0 Å². The number of hydrogen-bond donors (Lipinski definition) is 0. The van der Waals surface area contributed by atoms with Crippen molar-refractivity contribution in [1.29, 1.82) is 0 Å². The van der Waals surface area contributed by atoms with E-state index in [-0.39, 0.29) is 0 Å². The minimum Gasteiger partial charge on any atom is -0.103 e. The third-order valence-corrected chi connectivity index (χ3v) is 5.17. The molecular weight excluding hydrogens is 312 g/mol. The Labute approximate surface area is 164 Å². The molecule has 0 heterocycles. The Kier molecular flexibility index (Phi) is 12.3. The van der Waals surface area contributed by atoms with E-state index in [1.807, 2.05) is 6.92 Å². The van der Waals surface area contributed by atoms with Crippen LogP contribution in [0.2, 0.25) is 0 Å². The van der Waals surface area contributed by atoms with Gasteiger partial charge in [-0.05, 0) is 64.2 Å². The van der Waals surface area contributed by atoms with Crippen LogP contribution >= 0.6 is 0 Å². The summed E-state index contributed by atoms with van der Waals surface area (Å²) in [5, 5.41) is 0. The largest absolute Gasteiger partial charge is 0.103 e. The summed E-state index contributed by atoms with van der Waals surface area (Å²) in [4.78, 5) is 0. The van der Waals surface area contributed by atoms with E-state index in [0.717, 1.165) is 6.42 Å². The van der Waals surface area contributed by atoms with Gasteiger partial charge >= 0.3 is 0 Å². The zero-order valence-corrected chi connectivity index (χ0v) is 18.7. The van der Waals surface area contributed by atoms with Crippen LogP contribution in [0.1, 0.15) is 87.0 Å². The smallest absolute Gasteiger partial charge is 0.00349 e. The lowest BCUT2D eigenvalue weighted by molar-refractivity contribution is 0.350. The molecule has 0 amide bonds. The maximum absolute atomic E-state index is 4.44. The molecule has 26 heavy (non-hydrogen) atoms. The number of hydrogen-bond acceptors (Lipinski definition) is 0. The van der Waals surface area contributed by atoms with Crippen molar-refractivity contribution in [2.45, 2.75) is 87.0 Å². The van der Waals surface area contributed by atoms with Crippen molar-refractivity contribution >= 4 is 0 Å². The summed E-state index contributed by atoms with van der Waals surface area (Å²) in [5.74, 6) is 1.09. The van der Waals surface area contributed by atoms with Gasteiger partial charge < -0.3 is 0 Å². The Bertz CT molecular complexity index is 510. The SMILES string of the molecule is C=C1CC(C)(CCC=C(C)C)C=CC1C(C)/C=C(\CC)CCC.C=CC. The van der Waals surface area contributed by atoms with Gasteiger partial charge in [-0.15, -0.1) is 6.58 Å². The van der Waals surface area contributed by atoms with Gasteiger partial charge in [-0.25, -0.2) is 0 Å². The lowest BCUT2D eigenvalue weighted by Gasteiger charge is -2.36. The van der Waals surface area contributed by atoms with Gasteiger partial charge in [-0.3, -0.25) is 0 Å². The van der Waals surface area contributed by atoms with Crippen LogP contribution in [0.5, 0.6) is 0 Å². The fourth-order valence-electron chi connectivity index (χ4n) is 3.75. The maximum atomic E-state index is 4.44. The lowest BCUT2D eigenvalue weighted by atomic mass is 9.69. The number of allylic oxidation sites excluding steroid dienone is 8. The number of rotatable bonds is 8. The van der Waals surface area contributed by atoms with Crippen molar-refractivity contribution in [3.63, 3.8) is 0 Å². The zero-order valence-electron chi connectivity index (χ0n) is 18.7. The van der Waals surface area contributed by atoms with E-state index in [4.69, 9.17) is 0 Å². The van der Waals surface area contributed by atoms with Gasteiger partial charge in [0, 0.05) is 5.92 Å². The second kappa shape index (κ2) is 13.0. The molecule has 0 bridgehead atoms. The molecule has 0 spiro atoms. The molecule has 148 valence electrons. The fraction of sp³-hybridized carbons (Fsp3) is 0.615. The predicted molar refractivity (Wildman–Crippen MR) is 121 cm³/mol. The molecular formula is C26H44. The summed E-state index contributed by atoms with van der Waals surface area (Å²) in [6, 6.07) is 0. The Morgan fingerprint density at radius 3 is 2.42 bits per heavy atom. The maximum Gasteiger partial charge on any atom is 0.00349 e. The van der Waals surface area contributed by atoms with Crippen molar-refractivity contribution in [3.05, 3.63) is 60.3 Å². The first-order chi connectivity index (χ1) is 12.2. The molecule has 3 unspecified atom stereocenters. The van der Waals surface area contributed by atoms with Crippen LogP contribution in [0.3, 0.4) is 0 Å². The zero-order chi connectivity index (χ0) is 20.2. The highest BCUT2D eigenvalue weighted by Gasteiger charge is 2.30. The first-order valence-corrected chi connectivity index (χ1v) is 10.5. The minimum absolute atomic E-state index is 0.292. The summed E-state index contributed by atoms with van der Waals surface area (Å²) in [7, 11) is 0. The van der Waals surface area contributed by atoms with Crippen molar-refractivity contribution in [2.24, 2.45) is 17.3 Å². The molecule has 0 aromatic rings. The Balaban J connectivity index is 0.00000194. The van der Waals surface area contributed by atoms with Crippen LogP contribution < -0.4 is 0 Å². The molecule has 0 nitrogen and oxygen atoms in total. The fourth-order valence-corrected chi connectivity index (χ4v) is 3.75. The Morgan fingerprint density at radius 2 is 1.96 bits per heavy atom. The quantitative estimate of drug-likeness (QED) is 0.381. The molecule has 1 rings (SSSR count). The predicted octanol–water partition coefficient (Wildman–Crippen LogP) is 8.84. The van der Waals surface area contributed by atoms with Crippen LogP contribution in [0.15, 0.2) is 60.3 Å². The summed E-state index contributed by atoms with van der Waals surface area (Å²) >= 11 is 0. The third-order valence-electron chi connectivity index (χ3n) is 5.17. The molecule has 0 saturated heterocycles. The van der Waals surface area contributed by atoms with Crippen LogP contribution in [0.25, 0.3) is 0 Å². The van der Waals surface area contributed by atoms with Gasteiger partial charge in [-0.2, -0.15) is 0 Å². The summed E-state index contributed by atoms with van der Waals surface area (Å²) in [6.07, 6.45) is 18.7. The summed E-state index contributed by atoms with van der Waals surface area (Å²) < 4.78 is 0. The Hall–Kier alpha value is -1.30. The highest BCUT2D eigenvalue weighted by molar-refractivity contribution is 5.24. The van der Waals surface area contributed by atoms with Gasteiger partial charge in [0.15, 0.2) is 0 Å². The van der Waals surface area contributed by atoms with Crippen LogP contribution in [0.4, 0.5) is 0 Å². The van der Waals surface area contributed by atoms with E-state index in [1.165, 1.54) is 43.3 Å². The monoisotopic (exact) mass is 356 g/mol. The standard InChI is InChI=1S/C23H38.C3H6/c1-8-11-21(9-2)16-19(5)22-13-15-23(7,17-20(22)6)14-10-12-18(3)4;1-3-2/h12-13,15-16,19,22H,6,8-11,14,17H2,1-5,7H3;3H,1H2,2H3/b21-16+;. The first kappa shape index (κ1) is 24.7. The van der Waals surface area contributed by atoms with Crippen molar-refractivity contribution in [3.8, 4) is 0 Å². The summed E-state index contributed by atoms with van der Waals surface area (Å²) in [5.41, 5.74) is 4.74. The lowest BCUT2D eigenvalue weighted by Crippen LogP contribution is -2.24. The molecule has 0 aliphatic heterocycles. The normalized spacial score (nSPS) is 23.7. The molecule has 0 fully saturated rings. The van der Waals surface area contributed by atoms with Crippen molar-refractivity contribution in [2.75, 3.05) is 0 Å². The third kappa shape index (κ3) is 9.41. The molecule has 1 aliphatic carbocycles. The average molecular weight is 357 g/mol. The second-order valence-corrected chi connectivity index (χ2v) is 8.39. The molecule has 0 N–H and O–H groups in total. The van der Waals surface area contributed by atoms with Gasteiger partial charge in [0.05, 0.1) is 0 Å². The topological polar surface area (TPSA) is 0 Å². The van der Waals surface area contributed by atoms with E-state index in [1.54, 1.807) is 11.6 Å². The van der Waals surface area contributed by atoms with Gasteiger partial charge in [0.25, 0.3) is 0 Å². The second-order valence-electron chi connectivity index (χ2n) is 8.39. The molecule has 0 radical (unpaired) electrons. The summed E-state index contributed by atoms with van der Waals surface area (Å²) in [6.45, 7) is 23.4. The van der Waals surface area contributed by atoms with Crippen LogP contribution in [0, 0.1) is 17.3 Å². The van der Waals surface area contributed by atoms with E-state index in [2.05, 4.69) is 79.0 Å². The molecule has 1 aliphatic rings. The minimum atomic E-state index is 0.292. The van der Waals surface area contributed by atoms with E-state index in [0.29, 0.717) is 17.3 Å². The molecule has 0 aromatic heterocycles. The highest BCUT2D eigenvalue weighted by atomic mass is 14.3. The highest BCUT2D eigenvalue weighted by Crippen LogP contribution is 2.42. The molecule has 0 aromatic carbocycles. The van der Waals surface area contributed by atoms with Crippen LogP contribution in [-0.4, -0.2) is 0 Å². The van der Waals surface area contributed by atoms with E-state index < -0.39 is 0 Å². The molecule has 3 atom stereocenters. The van der Waals surface area contributed by atoms with Gasteiger partial charge in [0.1, 0.15) is 0 Å². The molecule has 0 heteroatoms. The molecule has 0 saturated carbocycles. The van der Waals surface area contributed by atoms with Gasteiger partial charge in [0.2, 0.25) is 0 Å². The van der Waals surface area contributed by atoms with E-state index in [9.17, 15) is 0 Å². The van der Waals surface area contributed by atoms with Gasteiger partial charge in [-0.1, -0.05) is 87.8 Å². The van der Waals surface area contributed by atoms with Crippen molar-refractivity contribution in [1.82, 2.24) is 0 Å². The van der Waals surface area contributed by atoms with Crippen LogP contribution in [-0.2, 0) is 0 Å².